The van der Waals surface area contributed by atoms with E-state index in [4.69, 9.17) is 4.52 Å². The Balaban J connectivity index is 1.75. The highest BCUT2D eigenvalue weighted by Crippen LogP contribution is 2.11. The minimum atomic E-state index is -0.410. The first-order valence-corrected chi connectivity index (χ1v) is 5.45. The molecule has 0 saturated carbocycles. The normalized spacial score (nSPS) is 10.4. The molecule has 0 bridgehead atoms. The second-order valence-electron chi connectivity index (χ2n) is 3.69. The maximum atomic E-state index is 10.5. The van der Waals surface area contributed by atoms with E-state index in [9.17, 15) is 10.1 Å². The zero-order chi connectivity index (χ0) is 12.8. The Bertz CT molecular complexity index is 496. The molecule has 0 aliphatic rings. The van der Waals surface area contributed by atoms with Gasteiger partial charge in [0.25, 0.3) is 5.69 Å². The number of hydrogen-bond donors (Lipinski definition) is 1. The van der Waals surface area contributed by atoms with Crippen molar-refractivity contribution in [1.29, 1.82) is 0 Å². The number of aromatic nitrogens is 2. The summed E-state index contributed by atoms with van der Waals surface area (Å²) in [5.74, 6) is 0.589. The highest BCUT2D eigenvalue weighted by Gasteiger charge is 2.03. The van der Waals surface area contributed by atoms with Gasteiger partial charge in [0, 0.05) is 31.6 Å². The molecule has 0 radical (unpaired) electrons. The number of nitrogens with zero attached hydrogens (tertiary/aromatic N) is 3. The van der Waals surface area contributed by atoms with Gasteiger partial charge in [-0.3, -0.25) is 10.1 Å². The summed E-state index contributed by atoms with van der Waals surface area (Å²) in [5.41, 5.74) is 1.09. The molecule has 0 fully saturated rings. The fourth-order valence-electron chi connectivity index (χ4n) is 1.47. The average Bonchev–Trinajstić information content (AvgIpc) is 2.88. The molecule has 2 aromatic rings. The Morgan fingerprint density at radius 2 is 2.11 bits per heavy atom. The van der Waals surface area contributed by atoms with Crippen LogP contribution < -0.4 is 5.32 Å². The first-order chi connectivity index (χ1) is 8.75. The third-order valence-electron chi connectivity index (χ3n) is 2.40. The monoisotopic (exact) mass is 248 g/mol. The van der Waals surface area contributed by atoms with Gasteiger partial charge < -0.3 is 9.84 Å². The maximum Gasteiger partial charge on any atom is 0.269 e. The number of hydrogen-bond acceptors (Lipinski definition) is 6. The molecular weight excluding hydrogens is 236 g/mol. The summed E-state index contributed by atoms with van der Waals surface area (Å²) >= 11 is 0. The molecule has 1 aromatic heterocycles. The van der Waals surface area contributed by atoms with E-state index >= 15 is 0 Å². The van der Waals surface area contributed by atoms with Gasteiger partial charge >= 0.3 is 0 Å². The minimum absolute atomic E-state index is 0.101. The largest absolute Gasteiger partial charge is 0.340 e. The van der Waals surface area contributed by atoms with Crippen LogP contribution in [0.1, 0.15) is 11.5 Å². The molecule has 0 saturated heterocycles. The molecule has 0 aliphatic heterocycles. The van der Waals surface area contributed by atoms with Crippen molar-refractivity contribution in [1.82, 2.24) is 15.5 Å². The van der Waals surface area contributed by atoms with Crippen LogP contribution in [-0.2, 0) is 13.0 Å². The zero-order valence-corrected chi connectivity index (χ0v) is 9.57. The molecular formula is C11H12N4O3. The van der Waals surface area contributed by atoms with Crippen LogP contribution in [0.15, 0.2) is 35.1 Å². The molecule has 0 atom stereocenters. The van der Waals surface area contributed by atoms with Crippen molar-refractivity contribution in [3.05, 3.63) is 52.2 Å². The van der Waals surface area contributed by atoms with E-state index < -0.39 is 4.92 Å². The van der Waals surface area contributed by atoms with Gasteiger partial charge in [-0.2, -0.15) is 4.98 Å². The Morgan fingerprint density at radius 1 is 1.33 bits per heavy atom. The third-order valence-corrected chi connectivity index (χ3v) is 2.40. The summed E-state index contributed by atoms with van der Waals surface area (Å²) in [7, 11) is 0. The van der Waals surface area contributed by atoms with Crippen LogP contribution in [0.4, 0.5) is 5.69 Å². The number of non-ortho nitro benzene ring substituents is 1. The van der Waals surface area contributed by atoms with E-state index in [1.807, 2.05) is 0 Å². The van der Waals surface area contributed by atoms with Crippen molar-refractivity contribution in [2.24, 2.45) is 0 Å². The molecule has 0 unspecified atom stereocenters. The van der Waals surface area contributed by atoms with Crippen molar-refractivity contribution in [3.8, 4) is 0 Å². The summed E-state index contributed by atoms with van der Waals surface area (Å²) in [5, 5.41) is 17.2. The standard InChI is InChI=1S/C11H12N4O3/c16-15(17)10-3-1-9(2-4-10)7-12-6-5-11-13-8-14-18-11/h1-4,8,12H,5-7H2. The Hall–Kier alpha value is -2.28. The van der Waals surface area contributed by atoms with Crippen LogP contribution in [-0.4, -0.2) is 21.6 Å². The van der Waals surface area contributed by atoms with Crippen LogP contribution in [0.5, 0.6) is 0 Å². The molecule has 0 spiro atoms. The van der Waals surface area contributed by atoms with Crippen molar-refractivity contribution in [3.63, 3.8) is 0 Å². The minimum Gasteiger partial charge on any atom is -0.340 e. The number of rotatable bonds is 6. The average molecular weight is 248 g/mol. The van der Waals surface area contributed by atoms with Gasteiger partial charge in [0.2, 0.25) is 5.89 Å². The van der Waals surface area contributed by atoms with Gasteiger partial charge in [-0.1, -0.05) is 17.3 Å². The molecule has 1 aromatic carbocycles. The highest BCUT2D eigenvalue weighted by molar-refractivity contribution is 5.32. The van der Waals surface area contributed by atoms with Crippen LogP contribution in [0, 0.1) is 10.1 Å². The lowest BCUT2D eigenvalue weighted by molar-refractivity contribution is -0.384. The van der Waals surface area contributed by atoms with Gasteiger partial charge in [0.1, 0.15) is 0 Å². The number of nitrogens with one attached hydrogen (secondary N) is 1. The van der Waals surface area contributed by atoms with Gasteiger partial charge in [-0.25, -0.2) is 0 Å². The Labute approximate surface area is 103 Å². The Morgan fingerprint density at radius 3 is 2.72 bits per heavy atom. The number of nitro groups is 1. The van der Waals surface area contributed by atoms with Crippen LogP contribution >= 0.6 is 0 Å². The maximum absolute atomic E-state index is 10.5. The van der Waals surface area contributed by atoms with E-state index in [0.717, 1.165) is 5.56 Å². The summed E-state index contributed by atoms with van der Waals surface area (Å²) in [4.78, 5) is 14.0. The van der Waals surface area contributed by atoms with E-state index in [0.29, 0.717) is 25.4 Å². The van der Waals surface area contributed by atoms with E-state index in [1.54, 1.807) is 12.1 Å². The SMILES string of the molecule is O=[N+]([O-])c1ccc(CNCCc2ncno2)cc1. The molecule has 2 rings (SSSR count). The van der Waals surface area contributed by atoms with Crippen molar-refractivity contribution in [2.45, 2.75) is 13.0 Å². The third kappa shape index (κ3) is 3.36. The van der Waals surface area contributed by atoms with E-state index in [2.05, 4.69) is 15.5 Å². The molecule has 7 heteroatoms. The fraction of sp³-hybridized carbons (Fsp3) is 0.273. The quantitative estimate of drug-likeness (QED) is 0.470. The van der Waals surface area contributed by atoms with E-state index in [-0.39, 0.29) is 5.69 Å². The molecule has 18 heavy (non-hydrogen) atoms. The van der Waals surface area contributed by atoms with Gasteiger partial charge in [-0.15, -0.1) is 0 Å². The smallest absolute Gasteiger partial charge is 0.269 e. The highest BCUT2D eigenvalue weighted by atomic mass is 16.6. The molecule has 0 amide bonds. The predicted molar refractivity (Wildman–Crippen MR) is 62.8 cm³/mol. The number of benzene rings is 1. The topological polar surface area (TPSA) is 94.1 Å². The molecule has 94 valence electrons. The molecule has 7 nitrogen and oxygen atoms in total. The fourth-order valence-corrected chi connectivity index (χ4v) is 1.47. The van der Waals surface area contributed by atoms with Crippen LogP contribution in [0.25, 0.3) is 0 Å². The molecule has 1 N–H and O–H groups in total. The summed E-state index contributed by atoms with van der Waals surface area (Å²) in [6.07, 6.45) is 2.03. The van der Waals surface area contributed by atoms with Crippen LogP contribution in [0.3, 0.4) is 0 Å². The number of nitro benzene ring substituents is 1. The van der Waals surface area contributed by atoms with Crippen molar-refractivity contribution >= 4 is 5.69 Å². The van der Waals surface area contributed by atoms with Gasteiger partial charge in [-0.05, 0) is 5.56 Å². The lowest BCUT2D eigenvalue weighted by atomic mass is 10.2. The van der Waals surface area contributed by atoms with Gasteiger partial charge in [0.15, 0.2) is 6.33 Å². The summed E-state index contributed by atoms with van der Waals surface area (Å²) in [6.45, 7) is 1.35. The van der Waals surface area contributed by atoms with Crippen molar-refractivity contribution < 1.29 is 9.45 Å². The van der Waals surface area contributed by atoms with Gasteiger partial charge in [0.05, 0.1) is 4.92 Å². The zero-order valence-electron chi connectivity index (χ0n) is 9.57. The van der Waals surface area contributed by atoms with Crippen LogP contribution in [0.2, 0.25) is 0 Å². The predicted octanol–water partition coefficient (Wildman–Crippen LogP) is 1.31. The van der Waals surface area contributed by atoms with Crippen molar-refractivity contribution in [2.75, 3.05) is 6.54 Å². The molecule has 1 heterocycles. The molecule has 0 aliphatic carbocycles. The summed E-state index contributed by atoms with van der Waals surface area (Å²) in [6, 6.07) is 6.46. The van der Waals surface area contributed by atoms with E-state index in [1.165, 1.54) is 18.5 Å². The Kier molecular flexibility index (Phi) is 3.98. The first-order valence-electron chi connectivity index (χ1n) is 5.45. The lowest BCUT2D eigenvalue weighted by Gasteiger charge is -2.02. The second kappa shape index (κ2) is 5.87. The second-order valence-corrected chi connectivity index (χ2v) is 3.69. The lowest BCUT2D eigenvalue weighted by Crippen LogP contribution is -2.16. The first kappa shape index (κ1) is 12.2. The summed E-state index contributed by atoms with van der Waals surface area (Å²) < 4.78 is 4.85.